The van der Waals surface area contributed by atoms with Crippen LogP contribution >= 0.6 is 0 Å². The van der Waals surface area contributed by atoms with Crippen molar-refractivity contribution in [3.05, 3.63) is 54.4 Å². The fraction of sp³-hybridized carbons (Fsp3) is 0.368. The van der Waals surface area contributed by atoms with Gasteiger partial charge in [-0.15, -0.1) is 0 Å². The van der Waals surface area contributed by atoms with Crippen molar-refractivity contribution < 1.29 is 19.8 Å². The summed E-state index contributed by atoms with van der Waals surface area (Å²) in [5.74, 6) is -2.53. The average molecular weight is 344 g/mol. The fourth-order valence-electron chi connectivity index (χ4n) is 2.74. The number of nitrogens with zero attached hydrogens (tertiary/aromatic N) is 1. The summed E-state index contributed by atoms with van der Waals surface area (Å²) < 4.78 is 1.93. The number of benzene rings is 1. The lowest BCUT2D eigenvalue weighted by molar-refractivity contribution is -0.142. The van der Waals surface area contributed by atoms with Crippen molar-refractivity contribution in [2.75, 3.05) is 6.54 Å². The second-order valence-electron chi connectivity index (χ2n) is 6.50. The van der Waals surface area contributed by atoms with Crippen LogP contribution in [0.4, 0.5) is 0 Å². The molecule has 2 aromatic rings. The summed E-state index contributed by atoms with van der Waals surface area (Å²) in [4.78, 5) is 22.9. The largest absolute Gasteiger partial charge is 0.481 e. The van der Waals surface area contributed by atoms with Gasteiger partial charge >= 0.3 is 11.9 Å². The Morgan fingerprint density at radius 3 is 2.12 bits per heavy atom. The third-order valence-electron chi connectivity index (χ3n) is 4.07. The normalized spacial score (nSPS) is 13.6. The second kappa shape index (κ2) is 8.48. The maximum absolute atomic E-state index is 11.6. The Hall–Kier alpha value is -2.60. The van der Waals surface area contributed by atoms with E-state index in [0.717, 1.165) is 5.69 Å². The average Bonchev–Trinajstić information content (AvgIpc) is 3.08. The van der Waals surface area contributed by atoms with Crippen molar-refractivity contribution in [3.63, 3.8) is 0 Å². The Bertz CT molecular complexity index is 693. The van der Waals surface area contributed by atoms with Crippen LogP contribution < -0.4 is 5.32 Å². The summed E-state index contributed by atoms with van der Waals surface area (Å²) in [6.45, 7) is 3.94. The van der Waals surface area contributed by atoms with Gasteiger partial charge in [-0.1, -0.05) is 26.0 Å². The zero-order valence-corrected chi connectivity index (χ0v) is 14.4. The van der Waals surface area contributed by atoms with E-state index >= 15 is 0 Å². The fourth-order valence-corrected chi connectivity index (χ4v) is 2.74. The minimum Gasteiger partial charge on any atom is -0.481 e. The molecule has 2 atom stereocenters. The van der Waals surface area contributed by atoms with Crippen LogP contribution in [0, 0.1) is 5.92 Å². The molecule has 6 nitrogen and oxygen atoms in total. The van der Waals surface area contributed by atoms with Crippen molar-refractivity contribution in [1.29, 1.82) is 0 Å². The van der Waals surface area contributed by atoms with Crippen LogP contribution in [0.1, 0.15) is 31.7 Å². The van der Waals surface area contributed by atoms with Crippen molar-refractivity contribution >= 4 is 11.9 Å². The molecule has 1 aromatic carbocycles. The predicted molar refractivity (Wildman–Crippen MR) is 95.0 cm³/mol. The summed E-state index contributed by atoms with van der Waals surface area (Å²) in [7, 11) is 0. The molecular formula is C19H24N2O4. The molecule has 0 spiro atoms. The third-order valence-corrected chi connectivity index (χ3v) is 4.07. The standard InChI is InChI=1S/C19H24N2O4/c1-13(2)11-17(19(24)25)20-12-16(18(22)23)14-5-7-15(8-6-14)21-9-3-4-10-21/h3-10,13,16-17,20H,11-12H2,1-2H3,(H,22,23)(H,24,25). The molecule has 6 heteroatoms. The highest BCUT2D eigenvalue weighted by atomic mass is 16.4. The van der Waals surface area contributed by atoms with Gasteiger partial charge in [0.1, 0.15) is 6.04 Å². The van der Waals surface area contributed by atoms with Crippen molar-refractivity contribution in [2.24, 2.45) is 5.92 Å². The first-order chi connectivity index (χ1) is 11.9. The summed E-state index contributed by atoms with van der Waals surface area (Å²) in [5, 5.41) is 21.7. The number of hydrogen-bond acceptors (Lipinski definition) is 3. The highest BCUT2D eigenvalue weighted by Gasteiger charge is 2.24. The lowest BCUT2D eigenvalue weighted by atomic mass is 9.97. The van der Waals surface area contributed by atoms with Crippen molar-refractivity contribution in [2.45, 2.75) is 32.2 Å². The molecule has 0 radical (unpaired) electrons. The predicted octanol–water partition coefficient (Wildman–Crippen LogP) is 2.73. The number of carbonyl (C=O) groups is 2. The van der Waals surface area contributed by atoms with E-state index < -0.39 is 23.9 Å². The SMILES string of the molecule is CC(C)CC(NCC(C(=O)O)c1ccc(-n2cccc2)cc1)C(=O)O. The van der Waals surface area contributed by atoms with Gasteiger partial charge in [-0.05, 0) is 42.2 Å². The summed E-state index contributed by atoms with van der Waals surface area (Å²) >= 11 is 0. The Morgan fingerprint density at radius 2 is 1.64 bits per heavy atom. The van der Waals surface area contributed by atoms with E-state index in [1.54, 1.807) is 12.1 Å². The van der Waals surface area contributed by atoms with Gasteiger partial charge in [-0.25, -0.2) is 0 Å². The topological polar surface area (TPSA) is 91.6 Å². The first kappa shape index (κ1) is 18.7. The molecular weight excluding hydrogens is 320 g/mol. The van der Waals surface area contributed by atoms with Gasteiger partial charge < -0.3 is 20.1 Å². The van der Waals surface area contributed by atoms with E-state index in [0.29, 0.717) is 12.0 Å². The molecule has 134 valence electrons. The molecule has 0 aliphatic rings. The van der Waals surface area contributed by atoms with Crippen LogP contribution in [0.5, 0.6) is 0 Å². The van der Waals surface area contributed by atoms with E-state index in [1.165, 1.54) is 0 Å². The second-order valence-corrected chi connectivity index (χ2v) is 6.50. The smallest absolute Gasteiger partial charge is 0.320 e. The molecule has 0 bridgehead atoms. The maximum atomic E-state index is 11.6. The number of aliphatic carboxylic acids is 2. The maximum Gasteiger partial charge on any atom is 0.320 e. The molecule has 1 aromatic heterocycles. The zero-order chi connectivity index (χ0) is 18.4. The van der Waals surface area contributed by atoms with Gasteiger partial charge in [0.25, 0.3) is 0 Å². The van der Waals surface area contributed by atoms with Crippen LogP contribution in [0.2, 0.25) is 0 Å². The summed E-state index contributed by atoms with van der Waals surface area (Å²) in [6, 6.07) is 10.3. The molecule has 0 fully saturated rings. The molecule has 3 N–H and O–H groups in total. The van der Waals surface area contributed by atoms with Gasteiger partial charge in [0.15, 0.2) is 0 Å². The van der Waals surface area contributed by atoms with Crippen LogP contribution in [0.3, 0.4) is 0 Å². The van der Waals surface area contributed by atoms with Crippen molar-refractivity contribution in [3.8, 4) is 5.69 Å². The summed E-state index contributed by atoms with van der Waals surface area (Å²) in [6.07, 6.45) is 4.28. The number of carboxylic acids is 2. The molecule has 1 heterocycles. The van der Waals surface area contributed by atoms with Crippen LogP contribution in [-0.4, -0.2) is 39.3 Å². The number of nitrogens with one attached hydrogen (secondary N) is 1. The number of rotatable bonds is 9. The van der Waals surface area contributed by atoms with E-state index in [4.69, 9.17) is 0 Å². The molecule has 0 aliphatic heterocycles. The molecule has 0 aliphatic carbocycles. The van der Waals surface area contributed by atoms with Gasteiger partial charge in [0, 0.05) is 24.6 Å². The summed E-state index contributed by atoms with van der Waals surface area (Å²) in [5.41, 5.74) is 1.58. The number of carboxylic acid groups (broad SMARTS) is 2. The quantitative estimate of drug-likeness (QED) is 0.650. The Labute approximate surface area is 147 Å². The first-order valence-electron chi connectivity index (χ1n) is 8.30. The Morgan fingerprint density at radius 1 is 1.04 bits per heavy atom. The monoisotopic (exact) mass is 344 g/mol. The molecule has 25 heavy (non-hydrogen) atoms. The Kier molecular flexibility index (Phi) is 6.36. The molecule has 0 saturated heterocycles. The molecule has 0 amide bonds. The first-order valence-corrected chi connectivity index (χ1v) is 8.30. The molecule has 0 saturated carbocycles. The number of aromatic nitrogens is 1. The Balaban J connectivity index is 2.09. The highest BCUT2D eigenvalue weighted by Crippen LogP contribution is 2.19. The van der Waals surface area contributed by atoms with E-state index in [9.17, 15) is 19.8 Å². The zero-order valence-electron chi connectivity index (χ0n) is 14.4. The van der Waals surface area contributed by atoms with Crippen molar-refractivity contribution in [1.82, 2.24) is 9.88 Å². The van der Waals surface area contributed by atoms with Gasteiger partial charge in [0.05, 0.1) is 5.92 Å². The molecule has 2 rings (SSSR count). The highest BCUT2D eigenvalue weighted by molar-refractivity contribution is 5.77. The van der Waals surface area contributed by atoms with Gasteiger partial charge in [-0.2, -0.15) is 0 Å². The minimum absolute atomic E-state index is 0.0713. The van der Waals surface area contributed by atoms with Crippen LogP contribution in [-0.2, 0) is 9.59 Å². The van der Waals surface area contributed by atoms with Gasteiger partial charge in [0.2, 0.25) is 0 Å². The molecule has 2 unspecified atom stereocenters. The number of hydrogen-bond donors (Lipinski definition) is 3. The van der Waals surface area contributed by atoms with E-state index in [-0.39, 0.29) is 12.5 Å². The van der Waals surface area contributed by atoms with Gasteiger partial charge in [-0.3, -0.25) is 9.59 Å². The van der Waals surface area contributed by atoms with E-state index in [1.807, 2.05) is 55.1 Å². The van der Waals surface area contributed by atoms with Crippen LogP contribution in [0.15, 0.2) is 48.8 Å². The third kappa shape index (κ3) is 5.19. The minimum atomic E-state index is -0.977. The van der Waals surface area contributed by atoms with Crippen LogP contribution in [0.25, 0.3) is 5.69 Å². The lowest BCUT2D eigenvalue weighted by Gasteiger charge is -2.20. The van der Waals surface area contributed by atoms with E-state index in [2.05, 4.69) is 5.32 Å². The lowest BCUT2D eigenvalue weighted by Crippen LogP contribution is -2.41.